The molecule has 0 bridgehead atoms. The van der Waals surface area contributed by atoms with E-state index >= 15 is 0 Å². The molecule has 5 heteroatoms. The van der Waals surface area contributed by atoms with Crippen LogP contribution in [0.5, 0.6) is 5.75 Å². The van der Waals surface area contributed by atoms with Crippen LogP contribution < -0.4 is 10.1 Å². The van der Waals surface area contributed by atoms with Gasteiger partial charge in [0.15, 0.2) is 0 Å². The van der Waals surface area contributed by atoms with E-state index < -0.39 is 11.7 Å². The number of nitriles is 1. The topological polar surface area (TPSA) is 71.3 Å². The van der Waals surface area contributed by atoms with E-state index in [0.29, 0.717) is 17.9 Å². The van der Waals surface area contributed by atoms with Gasteiger partial charge in [0.05, 0.1) is 7.11 Å². The fourth-order valence-electron chi connectivity index (χ4n) is 1.62. The first-order chi connectivity index (χ1) is 9.87. The molecule has 0 heterocycles. The Morgan fingerprint density at radius 2 is 2.14 bits per heavy atom. The molecule has 0 aliphatic heterocycles. The second-order valence-corrected chi connectivity index (χ2v) is 5.32. The maximum absolute atomic E-state index is 11.5. The van der Waals surface area contributed by atoms with Crippen molar-refractivity contribution in [2.45, 2.75) is 26.4 Å². The second-order valence-electron chi connectivity index (χ2n) is 5.32. The highest BCUT2D eigenvalue weighted by atomic mass is 16.6. The molecule has 0 spiro atoms. The Kier molecular flexibility index (Phi) is 5.79. The molecule has 0 saturated heterocycles. The number of carbonyl (C=O) groups excluding carboxylic acids is 1. The Labute approximate surface area is 125 Å². The number of carbonyl (C=O) groups is 1. The standard InChI is InChI=1S/C16H20N2O3/c1-16(2,3)21-15(19)18-10-6-8-12-7-5-9-14(20-4)13(12)11-17/h5-9H,10H2,1-4H3,(H,18,19). The number of methoxy groups -OCH3 is 1. The van der Waals surface area contributed by atoms with Crippen LogP contribution in [0.3, 0.4) is 0 Å². The van der Waals surface area contributed by atoms with E-state index in [1.807, 2.05) is 6.07 Å². The van der Waals surface area contributed by atoms with Gasteiger partial charge < -0.3 is 14.8 Å². The minimum Gasteiger partial charge on any atom is -0.495 e. The summed E-state index contributed by atoms with van der Waals surface area (Å²) in [6.07, 6.45) is 3.04. The quantitative estimate of drug-likeness (QED) is 0.924. The largest absolute Gasteiger partial charge is 0.495 e. The van der Waals surface area contributed by atoms with Crippen LogP contribution in [0.4, 0.5) is 4.79 Å². The highest BCUT2D eigenvalue weighted by Gasteiger charge is 2.15. The molecule has 0 unspecified atom stereocenters. The molecule has 1 amide bonds. The van der Waals surface area contributed by atoms with E-state index in [-0.39, 0.29) is 0 Å². The monoisotopic (exact) mass is 288 g/mol. The van der Waals surface area contributed by atoms with Gasteiger partial charge in [-0.1, -0.05) is 24.3 Å². The summed E-state index contributed by atoms with van der Waals surface area (Å²) in [6, 6.07) is 7.46. The highest BCUT2D eigenvalue weighted by molar-refractivity contribution is 5.68. The molecule has 0 fully saturated rings. The lowest BCUT2D eigenvalue weighted by Crippen LogP contribution is -2.32. The molecule has 0 aromatic heterocycles. The van der Waals surface area contributed by atoms with Gasteiger partial charge in [-0.05, 0) is 32.4 Å². The van der Waals surface area contributed by atoms with Crippen molar-refractivity contribution in [1.29, 1.82) is 5.26 Å². The predicted molar refractivity (Wildman–Crippen MR) is 81.0 cm³/mol. The van der Waals surface area contributed by atoms with Gasteiger partial charge in [-0.15, -0.1) is 0 Å². The molecule has 1 rings (SSSR count). The first-order valence-electron chi connectivity index (χ1n) is 6.58. The van der Waals surface area contributed by atoms with E-state index in [9.17, 15) is 4.79 Å². The normalized spacial score (nSPS) is 11.0. The molecule has 0 aliphatic rings. The van der Waals surface area contributed by atoms with Crippen molar-refractivity contribution >= 4 is 12.2 Å². The van der Waals surface area contributed by atoms with Gasteiger partial charge in [-0.3, -0.25) is 0 Å². The number of rotatable bonds is 4. The predicted octanol–water partition coefficient (Wildman–Crippen LogP) is 3.10. The molecule has 112 valence electrons. The number of nitrogens with one attached hydrogen (secondary N) is 1. The summed E-state index contributed by atoms with van der Waals surface area (Å²) >= 11 is 0. The third kappa shape index (κ3) is 5.57. The van der Waals surface area contributed by atoms with Crippen LogP contribution >= 0.6 is 0 Å². The van der Waals surface area contributed by atoms with Gasteiger partial charge in [0.2, 0.25) is 0 Å². The lowest BCUT2D eigenvalue weighted by atomic mass is 10.1. The average Bonchev–Trinajstić information content (AvgIpc) is 2.41. The first kappa shape index (κ1) is 16.6. The van der Waals surface area contributed by atoms with Gasteiger partial charge in [-0.25, -0.2) is 4.79 Å². The van der Waals surface area contributed by atoms with Crippen LogP contribution in [0.1, 0.15) is 31.9 Å². The molecule has 0 saturated carbocycles. The molecule has 0 aliphatic carbocycles. The SMILES string of the molecule is COc1cccc(C=CCNC(=O)OC(C)(C)C)c1C#N. The van der Waals surface area contributed by atoms with Crippen molar-refractivity contribution in [2.75, 3.05) is 13.7 Å². The maximum Gasteiger partial charge on any atom is 0.407 e. The van der Waals surface area contributed by atoms with Gasteiger partial charge in [0, 0.05) is 6.54 Å². The van der Waals surface area contributed by atoms with Crippen molar-refractivity contribution in [3.8, 4) is 11.8 Å². The van der Waals surface area contributed by atoms with Gasteiger partial charge in [0.1, 0.15) is 23.0 Å². The van der Waals surface area contributed by atoms with E-state index in [2.05, 4.69) is 11.4 Å². The van der Waals surface area contributed by atoms with Crippen molar-refractivity contribution < 1.29 is 14.3 Å². The fraction of sp³-hybridized carbons (Fsp3) is 0.375. The molecule has 5 nitrogen and oxygen atoms in total. The molecule has 1 aromatic carbocycles. The van der Waals surface area contributed by atoms with Crippen molar-refractivity contribution in [3.63, 3.8) is 0 Å². The number of nitrogens with zero attached hydrogens (tertiary/aromatic N) is 1. The van der Waals surface area contributed by atoms with Gasteiger partial charge in [0.25, 0.3) is 0 Å². The van der Waals surface area contributed by atoms with E-state index in [0.717, 1.165) is 5.56 Å². The Morgan fingerprint density at radius 3 is 2.71 bits per heavy atom. The molecule has 21 heavy (non-hydrogen) atoms. The Hall–Kier alpha value is -2.48. The lowest BCUT2D eigenvalue weighted by Gasteiger charge is -2.19. The zero-order chi connectivity index (χ0) is 15.9. The van der Waals surface area contributed by atoms with Crippen LogP contribution in [-0.2, 0) is 4.74 Å². The number of ether oxygens (including phenoxy) is 2. The number of hydrogen-bond acceptors (Lipinski definition) is 4. The van der Waals surface area contributed by atoms with Gasteiger partial charge in [-0.2, -0.15) is 5.26 Å². The minimum absolute atomic E-state index is 0.316. The first-order valence-corrected chi connectivity index (χ1v) is 6.58. The summed E-state index contributed by atoms with van der Waals surface area (Å²) in [5, 5.41) is 11.8. The number of hydrogen-bond donors (Lipinski definition) is 1. The van der Waals surface area contributed by atoms with Crippen LogP contribution in [0.25, 0.3) is 6.08 Å². The van der Waals surface area contributed by atoms with E-state index in [1.165, 1.54) is 7.11 Å². The van der Waals surface area contributed by atoms with Crippen LogP contribution in [0, 0.1) is 11.3 Å². The summed E-state index contributed by atoms with van der Waals surface area (Å²) in [5.74, 6) is 0.528. The van der Waals surface area contributed by atoms with Crippen LogP contribution in [-0.4, -0.2) is 25.3 Å². The highest BCUT2D eigenvalue weighted by Crippen LogP contribution is 2.21. The molecule has 0 atom stereocenters. The van der Waals surface area contributed by atoms with Crippen LogP contribution in [0.2, 0.25) is 0 Å². The van der Waals surface area contributed by atoms with Crippen molar-refractivity contribution in [2.24, 2.45) is 0 Å². The third-order valence-corrected chi connectivity index (χ3v) is 2.45. The van der Waals surface area contributed by atoms with Gasteiger partial charge >= 0.3 is 6.09 Å². The van der Waals surface area contributed by atoms with Crippen molar-refractivity contribution in [3.05, 3.63) is 35.4 Å². The molecule has 0 radical (unpaired) electrons. The third-order valence-electron chi connectivity index (χ3n) is 2.45. The van der Waals surface area contributed by atoms with Crippen LogP contribution in [0.15, 0.2) is 24.3 Å². The summed E-state index contributed by atoms with van der Waals surface area (Å²) in [5.41, 5.74) is 0.686. The smallest absolute Gasteiger partial charge is 0.407 e. The van der Waals surface area contributed by atoms with E-state index in [1.54, 1.807) is 45.1 Å². The molecular weight excluding hydrogens is 268 g/mol. The Balaban J connectivity index is 2.63. The molecule has 1 aromatic rings. The summed E-state index contributed by atoms with van der Waals surface area (Å²) in [6.45, 7) is 5.73. The van der Waals surface area contributed by atoms with Crippen molar-refractivity contribution in [1.82, 2.24) is 5.32 Å². The molecule has 1 N–H and O–H groups in total. The zero-order valence-electron chi connectivity index (χ0n) is 12.8. The fourth-order valence-corrected chi connectivity index (χ4v) is 1.62. The number of benzene rings is 1. The summed E-state index contributed by atoms with van der Waals surface area (Å²) < 4.78 is 10.2. The summed E-state index contributed by atoms with van der Waals surface area (Å²) in [4.78, 5) is 11.5. The Bertz CT molecular complexity index is 566. The zero-order valence-corrected chi connectivity index (χ0v) is 12.8. The Morgan fingerprint density at radius 1 is 1.43 bits per heavy atom. The molecular formula is C16H20N2O3. The van der Waals surface area contributed by atoms with E-state index in [4.69, 9.17) is 14.7 Å². The number of amides is 1. The lowest BCUT2D eigenvalue weighted by molar-refractivity contribution is 0.0534. The number of alkyl carbamates (subject to hydrolysis) is 1. The average molecular weight is 288 g/mol. The second kappa shape index (κ2) is 7.34. The summed E-state index contributed by atoms with van der Waals surface area (Å²) in [7, 11) is 1.52. The maximum atomic E-state index is 11.5. The minimum atomic E-state index is -0.519.